The van der Waals surface area contributed by atoms with Gasteiger partial charge in [-0.2, -0.15) is 13.2 Å². The minimum atomic E-state index is -5.02. The second kappa shape index (κ2) is 13.2. The summed E-state index contributed by atoms with van der Waals surface area (Å²) in [6.45, 7) is 4.52. The van der Waals surface area contributed by atoms with E-state index in [9.17, 15) is 41.8 Å². The van der Waals surface area contributed by atoms with E-state index in [1.807, 2.05) is 6.08 Å². The van der Waals surface area contributed by atoms with Crippen molar-refractivity contribution < 1.29 is 51.3 Å². The van der Waals surface area contributed by atoms with Crippen LogP contribution in [0.25, 0.3) is 11.0 Å². The number of rotatable bonds is 4. The molecular weight excluding hydrogens is 642 g/mol. The van der Waals surface area contributed by atoms with Crippen molar-refractivity contribution >= 4 is 34.9 Å². The first-order valence-electron chi connectivity index (χ1n) is 15.7. The summed E-state index contributed by atoms with van der Waals surface area (Å²) in [6, 6.07) is 0.324. The molecule has 1 saturated heterocycles. The summed E-state index contributed by atoms with van der Waals surface area (Å²) in [5.41, 5.74) is -4.43. The number of carboxylic acid groups (broad SMARTS) is 1. The number of carbonyl (C=O) groups excluding carboxylic acids is 3. The first-order valence-corrected chi connectivity index (χ1v) is 15.7. The zero-order chi connectivity index (χ0) is 35.0. The fourth-order valence-corrected chi connectivity index (χ4v) is 6.03. The summed E-state index contributed by atoms with van der Waals surface area (Å²) in [6.07, 6.45) is -1.06. The lowest BCUT2D eigenvalue weighted by molar-refractivity contribution is -0.146. The number of hydrogen-bond donors (Lipinski definition) is 3. The van der Waals surface area contributed by atoms with E-state index in [1.165, 1.54) is 0 Å². The Kier molecular flexibility index (Phi) is 9.57. The van der Waals surface area contributed by atoms with Gasteiger partial charge < -0.3 is 30.1 Å². The highest BCUT2D eigenvalue weighted by Gasteiger charge is 2.61. The average Bonchev–Trinajstić information content (AvgIpc) is 3.51. The highest BCUT2D eigenvalue weighted by molar-refractivity contribution is 5.96. The van der Waals surface area contributed by atoms with Gasteiger partial charge in [-0.05, 0) is 58.6 Å². The van der Waals surface area contributed by atoms with Crippen molar-refractivity contribution in [1.82, 2.24) is 25.5 Å². The number of alkyl halides is 3. The van der Waals surface area contributed by atoms with Gasteiger partial charge in [0.15, 0.2) is 0 Å². The molecule has 1 aromatic carbocycles. The second-order valence-electron chi connectivity index (χ2n) is 13.3. The minimum absolute atomic E-state index is 0.117. The van der Waals surface area contributed by atoms with Crippen molar-refractivity contribution in [2.24, 2.45) is 5.92 Å². The van der Waals surface area contributed by atoms with Gasteiger partial charge in [-0.1, -0.05) is 25.0 Å². The van der Waals surface area contributed by atoms with Gasteiger partial charge in [0.1, 0.15) is 35.1 Å². The van der Waals surface area contributed by atoms with Crippen LogP contribution in [-0.2, 0) is 25.3 Å². The predicted octanol–water partition coefficient (Wildman–Crippen LogP) is 4.51. The van der Waals surface area contributed by atoms with Crippen molar-refractivity contribution in [3.05, 3.63) is 41.9 Å². The first kappa shape index (κ1) is 34.8. The second-order valence-corrected chi connectivity index (χ2v) is 13.3. The summed E-state index contributed by atoms with van der Waals surface area (Å²) in [5.74, 6) is -5.07. The van der Waals surface area contributed by atoms with Crippen molar-refractivity contribution in [3.63, 3.8) is 0 Å². The molecule has 2 fully saturated rings. The maximum Gasteiger partial charge on any atom is 0.438 e. The largest absolute Gasteiger partial charge is 0.479 e. The number of aliphatic carboxylic acids is 1. The first-order chi connectivity index (χ1) is 22.5. The van der Waals surface area contributed by atoms with E-state index < -0.39 is 89.2 Å². The molecule has 1 aliphatic carbocycles. The molecule has 0 unspecified atom stereocenters. The van der Waals surface area contributed by atoms with E-state index in [1.54, 1.807) is 26.8 Å². The zero-order valence-corrected chi connectivity index (χ0v) is 26.6. The fraction of sp³-hybridized carbons (Fsp3) is 0.562. The molecule has 12 nitrogen and oxygen atoms in total. The predicted molar refractivity (Wildman–Crippen MR) is 161 cm³/mol. The number of fused-ring (bicyclic) bond motifs is 3. The van der Waals surface area contributed by atoms with Crippen LogP contribution in [0.5, 0.6) is 5.88 Å². The van der Waals surface area contributed by atoms with Crippen LogP contribution in [-0.4, -0.2) is 79.7 Å². The van der Waals surface area contributed by atoms with E-state index >= 15 is 0 Å². The van der Waals surface area contributed by atoms with Crippen LogP contribution in [0.4, 0.5) is 22.4 Å². The third kappa shape index (κ3) is 7.79. The van der Waals surface area contributed by atoms with Gasteiger partial charge >= 0.3 is 18.2 Å². The number of benzene rings is 1. The van der Waals surface area contributed by atoms with Gasteiger partial charge in [0.25, 0.3) is 0 Å². The SMILES string of the molecule is CC(C)(C)OC(=O)N[C@H]1CCCCCC=C[C@@H]2C[C@@]2(C(=O)O)NC(=O)[C@@H]2C[C@@H](Oc3nc4cc(F)ccc4nc3C(F)(F)F)CN2C1=O. The fourth-order valence-electron chi connectivity index (χ4n) is 6.03. The summed E-state index contributed by atoms with van der Waals surface area (Å²) >= 11 is 0. The standard InChI is InChI=1S/C32H37F4N5O7/c1-30(2,3)48-29(46)39-21-10-8-6-4-5-7-9-17-15-31(17,28(44)45)40-25(42)23-14-19(16-41(23)27(21)43)47-26-24(32(34,35)36)37-20-12-11-18(33)13-22(20)38-26/h7,9,11-13,17,19,21,23H,4-6,8,10,14-16H2,1-3H3,(H,39,46)(H,40,42)(H,44,45)/t17-,19-,21+,23+,31-/m1/s1. The van der Waals surface area contributed by atoms with Gasteiger partial charge in [-0.3, -0.25) is 9.59 Å². The smallest absolute Gasteiger partial charge is 0.438 e. The lowest BCUT2D eigenvalue weighted by atomic mass is 10.0. The van der Waals surface area contributed by atoms with E-state index in [2.05, 4.69) is 20.6 Å². The molecule has 3 N–H and O–H groups in total. The Labute approximate surface area is 273 Å². The molecule has 0 radical (unpaired) electrons. The van der Waals surface area contributed by atoms with Gasteiger partial charge in [0.05, 0.1) is 17.6 Å². The van der Waals surface area contributed by atoms with Crippen LogP contribution in [0.1, 0.15) is 71.4 Å². The molecule has 3 aliphatic rings. The van der Waals surface area contributed by atoms with Crippen LogP contribution in [0, 0.1) is 11.7 Å². The van der Waals surface area contributed by atoms with E-state index in [0.717, 1.165) is 29.5 Å². The molecule has 2 aromatic rings. The number of carbonyl (C=O) groups is 4. The molecule has 5 rings (SSSR count). The molecule has 1 saturated carbocycles. The number of alkyl carbamates (subject to hydrolysis) is 1. The number of nitrogens with zero attached hydrogens (tertiary/aromatic N) is 3. The van der Waals surface area contributed by atoms with Crippen LogP contribution in [0.15, 0.2) is 30.4 Å². The third-order valence-corrected chi connectivity index (χ3v) is 8.45. The molecule has 3 amide bonds. The molecule has 16 heteroatoms. The number of amides is 3. The molecule has 3 heterocycles. The molecule has 1 aromatic heterocycles. The van der Waals surface area contributed by atoms with E-state index in [-0.39, 0.29) is 30.3 Å². The van der Waals surface area contributed by atoms with Gasteiger partial charge in [0.2, 0.25) is 23.4 Å². The topological polar surface area (TPSA) is 160 Å². The molecular formula is C32H37F4N5O7. The highest BCUT2D eigenvalue weighted by Crippen LogP contribution is 2.45. The third-order valence-electron chi connectivity index (χ3n) is 8.45. The Balaban J connectivity index is 1.49. The van der Waals surface area contributed by atoms with Crippen molar-refractivity contribution in [1.29, 1.82) is 0 Å². The van der Waals surface area contributed by atoms with Crippen molar-refractivity contribution in [3.8, 4) is 5.88 Å². The lowest BCUT2D eigenvalue weighted by Gasteiger charge is -2.30. The Morgan fingerprint density at radius 3 is 2.54 bits per heavy atom. The van der Waals surface area contributed by atoms with Gasteiger partial charge in [-0.15, -0.1) is 0 Å². The average molecular weight is 680 g/mol. The zero-order valence-electron chi connectivity index (χ0n) is 26.6. The summed E-state index contributed by atoms with van der Waals surface area (Å²) in [7, 11) is 0. The Morgan fingerprint density at radius 1 is 1.10 bits per heavy atom. The number of allylic oxidation sites excluding steroid dienone is 1. The molecule has 5 atom stereocenters. The number of nitrogens with one attached hydrogen (secondary N) is 2. The van der Waals surface area contributed by atoms with Crippen LogP contribution < -0.4 is 15.4 Å². The molecule has 0 bridgehead atoms. The van der Waals surface area contributed by atoms with Gasteiger partial charge in [-0.25, -0.2) is 23.9 Å². The molecule has 260 valence electrons. The number of aromatic nitrogens is 2. The maximum atomic E-state index is 14.1. The normalized spacial score (nSPS) is 26.9. The summed E-state index contributed by atoms with van der Waals surface area (Å²) in [5, 5.41) is 15.2. The molecule has 2 aliphatic heterocycles. The Morgan fingerprint density at radius 2 is 1.85 bits per heavy atom. The Hall–Kier alpha value is -4.50. The van der Waals surface area contributed by atoms with Crippen molar-refractivity contribution in [2.75, 3.05) is 6.54 Å². The van der Waals surface area contributed by atoms with Crippen LogP contribution in [0.3, 0.4) is 0 Å². The molecule has 48 heavy (non-hydrogen) atoms. The van der Waals surface area contributed by atoms with E-state index in [4.69, 9.17) is 9.47 Å². The summed E-state index contributed by atoms with van der Waals surface area (Å²) < 4.78 is 67.2. The highest BCUT2D eigenvalue weighted by atomic mass is 19.4. The monoisotopic (exact) mass is 679 g/mol. The number of carboxylic acids is 1. The van der Waals surface area contributed by atoms with Crippen LogP contribution in [0.2, 0.25) is 0 Å². The van der Waals surface area contributed by atoms with E-state index in [0.29, 0.717) is 19.3 Å². The number of halogens is 4. The maximum absolute atomic E-state index is 14.1. The lowest BCUT2D eigenvalue weighted by Crippen LogP contribution is -2.56. The Bertz CT molecular complexity index is 1630. The molecule has 0 spiro atoms. The minimum Gasteiger partial charge on any atom is -0.479 e. The van der Waals surface area contributed by atoms with Crippen molar-refractivity contribution in [2.45, 2.75) is 101 Å². The summed E-state index contributed by atoms with van der Waals surface area (Å²) in [4.78, 5) is 61.5. The quantitative estimate of drug-likeness (QED) is 0.312. The number of ether oxygens (including phenoxy) is 2. The van der Waals surface area contributed by atoms with Gasteiger partial charge in [0, 0.05) is 18.4 Å². The number of hydrogen-bond acceptors (Lipinski definition) is 8. The van der Waals surface area contributed by atoms with Crippen LogP contribution >= 0.6 is 0 Å².